The number of hydrogen-bond acceptors (Lipinski definition) is 2. The van der Waals surface area contributed by atoms with E-state index in [9.17, 15) is 10.1 Å². The van der Waals surface area contributed by atoms with Gasteiger partial charge in [-0.2, -0.15) is 5.26 Å². The SMILES string of the molecule is C=C(CCC12CC3CC(C)(CC(C#N)(C3)C1)C2)C(=O)O. The predicted molar refractivity (Wildman–Crippen MR) is 75.8 cm³/mol. The number of nitrogens with zero attached hydrogens (tertiary/aromatic N) is 1. The van der Waals surface area contributed by atoms with Gasteiger partial charge in [-0.1, -0.05) is 13.5 Å². The Kier molecular flexibility index (Phi) is 2.80. The lowest BCUT2D eigenvalue weighted by Crippen LogP contribution is -2.55. The highest BCUT2D eigenvalue weighted by Gasteiger charge is 2.61. The number of carboxylic acid groups (broad SMARTS) is 1. The van der Waals surface area contributed by atoms with E-state index >= 15 is 0 Å². The second-order valence-corrected chi connectivity index (χ2v) is 8.12. The van der Waals surface area contributed by atoms with Crippen LogP contribution in [0.3, 0.4) is 0 Å². The summed E-state index contributed by atoms with van der Waals surface area (Å²) in [5.41, 5.74) is 0.692. The fourth-order valence-electron chi connectivity index (χ4n) is 6.07. The van der Waals surface area contributed by atoms with Gasteiger partial charge >= 0.3 is 5.97 Å². The molecule has 0 saturated heterocycles. The molecule has 4 saturated carbocycles. The Labute approximate surface area is 120 Å². The molecular weight excluding hydrogens is 250 g/mol. The van der Waals surface area contributed by atoms with Crippen LogP contribution < -0.4 is 0 Å². The Morgan fingerprint density at radius 1 is 1.35 bits per heavy atom. The van der Waals surface area contributed by atoms with Crippen molar-refractivity contribution in [2.75, 3.05) is 0 Å². The third kappa shape index (κ3) is 2.06. The van der Waals surface area contributed by atoms with E-state index < -0.39 is 5.97 Å². The van der Waals surface area contributed by atoms with Crippen molar-refractivity contribution in [2.45, 2.75) is 58.3 Å². The summed E-state index contributed by atoms with van der Waals surface area (Å²) in [5, 5.41) is 18.7. The maximum Gasteiger partial charge on any atom is 0.330 e. The molecule has 0 amide bonds. The summed E-state index contributed by atoms with van der Waals surface area (Å²) in [7, 11) is 0. The van der Waals surface area contributed by atoms with Crippen LogP contribution in [0.5, 0.6) is 0 Å². The second kappa shape index (κ2) is 4.10. The zero-order valence-corrected chi connectivity index (χ0v) is 12.2. The minimum Gasteiger partial charge on any atom is -0.478 e. The van der Waals surface area contributed by atoms with Crippen LogP contribution in [0.15, 0.2) is 12.2 Å². The Hall–Kier alpha value is -1.30. The Bertz CT molecular complexity index is 520. The van der Waals surface area contributed by atoms with E-state index in [1.54, 1.807) is 0 Å². The molecule has 0 radical (unpaired) electrons. The molecule has 0 aromatic carbocycles. The summed E-state index contributed by atoms with van der Waals surface area (Å²) in [5.74, 6) is -0.204. The molecule has 1 N–H and O–H groups in total. The highest BCUT2D eigenvalue weighted by Crippen LogP contribution is 2.70. The molecule has 0 heterocycles. The molecule has 0 aliphatic heterocycles. The van der Waals surface area contributed by atoms with Gasteiger partial charge in [0.25, 0.3) is 0 Å². The first-order chi connectivity index (χ1) is 9.29. The van der Waals surface area contributed by atoms with Crippen molar-refractivity contribution >= 4 is 5.97 Å². The van der Waals surface area contributed by atoms with Gasteiger partial charge in [-0.3, -0.25) is 0 Å². The van der Waals surface area contributed by atoms with E-state index in [1.807, 2.05) is 0 Å². The maximum absolute atomic E-state index is 10.9. The van der Waals surface area contributed by atoms with Gasteiger partial charge in [0.2, 0.25) is 0 Å². The van der Waals surface area contributed by atoms with Crippen LogP contribution in [0, 0.1) is 33.5 Å². The molecule has 4 atom stereocenters. The standard InChI is InChI=1S/C17H23NO2/c1-12(14(19)20)3-4-16-6-13-5-15(2,8-16)9-17(7-13,10-16)11-18/h13H,1,3-10H2,2H3,(H,19,20). The molecule has 3 heteroatoms. The minimum absolute atomic E-state index is 0.126. The van der Waals surface area contributed by atoms with Gasteiger partial charge in [0.05, 0.1) is 11.5 Å². The Balaban J connectivity index is 1.82. The monoisotopic (exact) mass is 273 g/mol. The molecule has 4 rings (SSSR count). The van der Waals surface area contributed by atoms with Crippen molar-refractivity contribution < 1.29 is 9.90 Å². The van der Waals surface area contributed by atoms with E-state index in [0.29, 0.717) is 23.3 Å². The van der Waals surface area contributed by atoms with Crippen molar-refractivity contribution in [3.05, 3.63) is 12.2 Å². The molecule has 4 unspecified atom stereocenters. The Morgan fingerprint density at radius 3 is 2.70 bits per heavy atom. The largest absolute Gasteiger partial charge is 0.478 e. The van der Waals surface area contributed by atoms with Crippen LogP contribution in [0.1, 0.15) is 58.3 Å². The van der Waals surface area contributed by atoms with Gasteiger partial charge in [-0.15, -0.1) is 0 Å². The van der Waals surface area contributed by atoms with Gasteiger partial charge < -0.3 is 5.11 Å². The highest BCUT2D eigenvalue weighted by atomic mass is 16.4. The lowest BCUT2D eigenvalue weighted by atomic mass is 9.39. The normalized spacial score (nSPS) is 45.1. The van der Waals surface area contributed by atoms with Gasteiger partial charge in [0.15, 0.2) is 0 Å². The van der Waals surface area contributed by atoms with Gasteiger partial charge in [-0.25, -0.2) is 4.79 Å². The number of aliphatic carboxylic acids is 1. The molecule has 3 nitrogen and oxygen atoms in total. The average molecular weight is 273 g/mol. The third-order valence-corrected chi connectivity index (χ3v) is 5.96. The van der Waals surface area contributed by atoms with Gasteiger partial charge in [0.1, 0.15) is 0 Å². The van der Waals surface area contributed by atoms with Crippen LogP contribution in [0.2, 0.25) is 0 Å². The molecule has 4 aliphatic carbocycles. The van der Waals surface area contributed by atoms with Crippen LogP contribution in [-0.4, -0.2) is 11.1 Å². The highest BCUT2D eigenvalue weighted by molar-refractivity contribution is 5.85. The second-order valence-electron chi connectivity index (χ2n) is 8.12. The fraction of sp³-hybridized carbons (Fsp3) is 0.765. The molecule has 4 fully saturated rings. The van der Waals surface area contributed by atoms with Crippen molar-refractivity contribution in [1.29, 1.82) is 5.26 Å². The summed E-state index contributed by atoms with van der Waals surface area (Å²) in [6.45, 7) is 6.00. The first-order valence-corrected chi connectivity index (χ1v) is 7.62. The van der Waals surface area contributed by atoms with E-state index in [2.05, 4.69) is 19.6 Å². The zero-order chi connectivity index (χ0) is 14.6. The van der Waals surface area contributed by atoms with E-state index in [4.69, 9.17) is 5.11 Å². The zero-order valence-electron chi connectivity index (χ0n) is 12.2. The van der Waals surface area contributed by atoms with Crippen molar-refractivity contribution in [3.8, 4) is 6.07 Å². The van der Waals surface area contributed by atoms with Gasteiger partial charge in [-0.05, 0) is 68.1 Å². The number of nitriles is 1. The molecule has 0 aromatic rings. The third-order valence-electron chi connectivity index (χ3n) is 5.96. The summed E-state index contributed by atoms with van der Waals surface area (Å²) in [4.78, 5) is 10.9. The summed E-state index contributed by atoms with van der Waals surface area (Å²) < 4.78 is 0. The van der Waals surface area contributed by atoms with E-state index in [-0.39, 0.29) is 10.8 Å². The fourth-order valence-corrected chi connectivity index (χ4v) is 6.07. The summed E-state index contributed by atoms with van der Waals surface area (Å²) in [6, 6.07) is 2.63. The molecule has 4 aliphatic rings. The van der Waals surface area contributed by atoms with Crippen molar-refractivity contribution in [2.24, 2.45) is 22.2 Å². The van der Waals surface area contributed by atoms with Gasteiger partial charge in [0, 0.05) is 5.57 Å². The van der Waals surface area contributed by atoms with Crippen LogP contribution in [0.4, 0.5) is 0 Å². The molecule has 0 aromatic heterocycles. The predicted octanol–water partition coefficient (Wildman–Crippen LogP) is 3.91. The quantitative estimate of drug-likeness (QED) is 0.790. The minimum atomic E-state index is -0.879. The summed E-state index contributed by atoms with van der Waals surface area (Å²) in [6.07, 6.45) is 8.20. The Morgan fingerprint density at radius 2 is 2.10 bits per heavy atom. The van der Waals surface area contributed by atoms with E-state index in [0.717, 1.165) is 25.7 Å². The molecule has 0 spiro atoms. The summed E-state index contributed by atoms with van der Waals surface area (Å²) >= 11 is 0. The topological polar surface area (TPSA) is 61.1 Å². The molecule has 108 valence electrons. The molecule has 20 heavy (non-hydrogen) atoms. The number of carboxylic acids is 1. The van der Waals surface area contributed by atoms with Crippen LogP contribution in [0.25, 0.3) is 0 Å². The average Bonchev–Trinajstić information content (AvgIpc) is 2.33. The number of rotatable bonds is 4. The van der Waals surface area contributed by atoms with Crippen LogP contribution in [-0.2, 0) is 4.79 Å². The van der Waals surface area contributed by atoms with E-state index in [1.165, 1.54) is 19.3 Å². The van der Waals surface area contributed by atoms with Crippen molar-refractivity contribution in [3.63, 3.8) is 0 Å². The first kappa shape index (κ1) is 13.7. The molecular formula is C17H23NO2. The smallest absolute Gasteiger partial charge is 0.330 e. The molecule has 4 bridgehead atoms. The first-order valence-electron chi connectivity index (χ1n) is 7.62. The maximum atomic E-state index is 10.9. The van der Waals surface area contributed by atoms with Crippen molar-refractivity contribution in [1.82, 2.24) is 0 Å². The number of carbonyl (C=O) groups is 1. The lowest BCUT2D eigenvalue weighted by molar-refractivity contribution is -0.135. The number of hydrogen-bond donors (Lipinski definition) is 1. The van der Waals surface area contributed by atoms with Crippen LogP contribution >= 0.6 is 0 Å². The lowest BCUT2D eigenvalue weighted by Gasteiger charge is -2.64.